The number of hydrogen-bond donors (Lipinski definition) is 1. The van der Waals surface area contributed by atoms with Crippen LogP contribution in [-0.2, 0) is 0 Å². The molecule has 0 radical (unpaired) electrons. The van der Waals surface area contributed by atoms with Gasteiger partial charge in [0, 0.05) is 0 Å². The monoisotopic (exact) mass is 178 g/mol. The number of rotatable bonds is 3. The van der Waals surface area contributed by atoms with E-state index in [4.69, 9.17) is 0 Å². The molecule has 1 heteroatoms. The molecule has 0 heterocycles. The molecule has 0 aromatic heterocycles. The molecule has 72 valence electrons. The summed E-state index contributed by atoms with van der Waals surface area (Å²) in [5.41, 5.74) is 1.23. The Morgan fingerprint density at radius 2 is 1.92 bits per heavy atom. The average Bonchev–Trinajstić information content (AvgIpc) is 2.03. The quantitative estimate of drug-likeness (QED) is 0.750. The summed E-state index contributed by atoms with van der Waals surface area (Å²) in [5, 5.41) is 9.30. The minimum Gasteiger partial charge on any atom is -0.508 e. The van der Waals surface area contributed by atoms with Gasteiger partial charge in [-0.2, -0.15) is 0 Å². The molecule has 0 aliphatic heterocycles. The molecule has 0 aliphatic carbocycles. The van der Waals surface area contributed by atoms with E-state index in [9.17, 15) is 5.11 Å². The molecule has 0 spiro atoms. The molecule has 0 amide bonds. The van der Waals surface area contributed by atoms with Crippen LogP contribution in [0.25, 0.3) is 0 Å². The Labute approximate surface area is 80.4 Å². The summed E-state index contributed by atoms with van der Waals surface area (Å²) in [6.07, 6.45) is 1.17. The van der Waals surface area contributed by atoms with Crippen LogP contribution in [0, 0.1) is 5.92 Å². The molecule has 0 aliphatic rings. The minimum absolute atomic E-state index is 0.369. The first-order valence-electron chi connectivity index (χ1n) is 4.88. The summed E-state index contributed by atoms with van der Waals surface area (Å²) in [7, 11) is 0. The average molecular weight is 178 g/mol. The topological polar surface area (TPSA) is 20.2 Å². The van der Waals surface area contributed by atoms with E-state index in [1.54, 1.807) is 6.07 Å². The highest BCUT2D eigenvalue weighted by Gasteiger charge is 2.07. The molecule has 1 aromatic carbocycles. The first kappa shape index (κ1) is 10.1. The largest absolute Gasteiger partial charge is 0.508 e. The predicted molar refractivity (Wildman–Crippen MR) is 56.0 cm³/mol. The second-order valence-corrected chi connectivity index (χ2v) is 4.13. The SMILES string of the molecule is CC(C)CC(C)c1cccc(O)c1. The third-order valence-corrected chi connectivity index (χ3v) is 2.26. The van der Waals surface area contributed by atoms with Gasteiger partial charge in [-0.1, -0.05) is 32.9 Å². The minimum atomic E-state index is 0.369. The van der Waals surface area contributed by atoms with Gasteiger partial charge in [-0.15, -0.1) is 0 Å². The third kappa shape index (κ3) is 3.10. The zero-order valence-corrected chi connectivity index (χ0v) is 8.62. The number of benzene rings is 1. The fraction of sp³-hybridized carbons (Fsp3) is 0.500. The van der Waals surface area contributed by atoms with Crippen molar-refractivity contribution in [2.75, 3.05) is 0 Å². The molecule has 1 atom stereocenters. The molecule has 0 saturated heterocycles. The Bertz CT molecular complexity index is 266. The maximum absolute atomic E-state index is 9.30. The Kier molecular flexibility index (Phi) is 3.35. The van der Waals surface area contributed by atoms with Crippen molar-refractivity contribution in [1.29, 1.82) is 0 Å². The highest BCUT2D eigenvalue weighted by Crippen LogP contribution is 2.25. The van der Waals surface area contributed by atoms with E-state index in [0.29, 0.717) is 17.6 Å². The Morgan fingerprint density at radius 3 is 2.46 bits per heavy atom. The standard InChI is InChI=1S/C12H18O/c1-9(2)7-10(3)11-5-4-6-12(13)8-11/h4-6,8-10,13H,7H2,1-3H3. The Morgan fingerprint density at radius 1 is 1.23 bits per heavy atom. The molecular weight excluding hydrogens is 160 g/mol. The van der Waals surface area contributed by atoms with Crippen LogP contribution >= 0.6 is 0 Å². The molecule has 1 rings (SSSR count). The van der Waals surface area contributed by atoms with E-state index in [2.05, 4.69) is 26.8 Å². The van der Waals surface area contributed by atoms with E-state index in [1.165, 1.54) is 12.0 Å². The second-order valence-electron chi connectivity index (χ2n) is 4.13. The van der Waals surface area contributed by atoms with E-state index in [0.717, 1.165) is 0 Å². The van der Waals surface area contributed by atoms with Gasteiger partial charge >= 0.3 is 0 Å². The Hall–Kier alpha value is -0.980. The summed E-state index contributed by atoms with van der Waals surface area (Å²) in [4.78, 5) is 0. The fourth-order valence-electron chi connectivity index (χ4n) is 1.67. The molecule has 1 aromatic rings. The number of phenols is 1. The van der Waals surface area contributed by atoms with Crippen LogP contribution in [0.15, 0.2) is 24.3 Å². The van der Waals surface area contributed by atoms with Crippen LogP contribution in [-0.4, -0.2) is 5.11 Å². The number of phenolic OH excluding ortho intramolecular Hbond substituents is 1. The molecule has 1 nitrogen and oxygen atoms in total. The van der Waals surface area contributed by atoms with Gasteiger partial charge in [-0.3, -0.25) is 0 Å². The van der Waals surface area contributed by atoms with Crippen molar-refractivity contribution < 1.29 is 5.11 Å². The van der Waals surface area contributed by atoms with E-state index in [1.807, 2.05) is 12.1 Å². The van der Waals surface area contributed by atoms with Crippen molar-refractivity contribution >= 4 is 0 Å². The fourth-order valence-corrected chi connectivity index (χ4v) is 1.67. The zero-order chi connectivity index (χ0) is 9.84. The molecule has 0 fully saturated rings. The van der Waals surface area contributed by atoms with Crippen molar-refractivity contribution in [3.63, 3.8) is 0 Å². The smallest absolute Gasteiger partial charge is 0.115 e. The van der Waals surface area contributed by atoms with Gasteiger partial charge in [0.2, 0.25) is 0 Å². The van der Waals surface area contributed by atoms with Crippen LogP contribution in [0.2, 0.25) is 0 Å². The molecule has 13 heavy (non-hydrogen) atoms. The molecule has 1 N–H and O–H groups in total. The lowest BCUT2D eigenvalue weighted by molar-refractivity contribution is 0.471. The second kappa shape index (κ2) is 4.31. The normalized spacial score (nSPS) is 13.2. The predicted octanol–water partition coefficient (Wildman–Crippen LogP) is 3.54. The lowest BCUT2D eigenvalue weighted by Gasteiger charge is -2.14. The highest BCUT2D eigenvalue weighted by molar-refractivity contribution is 5.29. The summed E-state index contributed by atoms with van der Waals surface area (Å²) in [6, 6.07) is 7.55. The zero-order valence-electron chi connectivity index (χ0n) is 8.62. The van der Waals surface area contributed by atoms with Gasteiger partial charge in [0.1, 0.15) is 5.75 Å². The van der Waals surface area contributed by atoms with E-state index in [-0.39, 0.29) is 0 Å². The van der Waals surface area contributed by atoms with Gasteiger partial charge in [-0.05, 0) is 36.0 Å². The molecule has 1 unspecified atom stereocenters. The summed E-state index contributed by atoms with van der Waals surface area (Å²) < 4.78 is 0. The first-order chi connectivity index (χ1) is 6.09. The summed E-state index contributed by atoms with van der Waals surface area (Å²) in [6.45, 7) is 6.65. The maximum atomic E-state index is 9.30. The van der Waals surface area contributed by atoms with Crippen LogP contribution < -0.4 is 0 Å². The van der Waals surface area contributed by atoms with Crippen molar-refractivity contribution in [2.24, 2.45) is 5.92 Å². The number of hydrogen-bond acceptors (Lipinski definition) is 1. The maximum Gasteiger partial charge on any atom is 0.115 e. The van der Waals surface area contributed by atoms with Crippen LogP contribution in [0.3, 0.4) is 0 Å². The van der Waals surface area contributed by atoms with Crippen molar-refractivity contribution in [3.05, 3.63) is 29.8 Å². The highest BCUT2D eigenvalue weighted by atomic mass is 16.3. The van der Waals surface area contributed by atoms with E-state index >= 15 is 0 Å². The summed E-state index contributed by atoms with van der Waals surface area (Å²) in [5.74, 6) is 1.61. The van der Waals surface area contributed by atoms with Crippen molar-refractivity contribution in [1.82, 2.24) is 0 Å². The summed E-state index contributed by atoms with van der Waals surface area (Å²) >= 11 is 0. The van der Waals surface area contributed by atoms with Gasteiger partial charge in [0.05, 0.1) is 0 Å². The molecule has 0 saturated carbocycles. The van der Waals surface area contributed by atoms with Crippen molar-refractivity contribution in [3.8, 4) is 5.75 Å². The first-order valence-corrected chi connectivity index (χ1v) is 4.88. The third-order valence-electron chi connectivity index (χ3n) is 2.26. The lowest BCUT2D eigenvalue weighted by atomic mass is 9.92. The lowest BCUT2D eigenvalue weighted by Crippen LogP contribution is -1.98. The Balaban J connectivity index is 2.71. The molecular formula is C12H18O. The van der Waals surface area contributed by atoms with Gasteiger partial charge < -0.3 is 5.11 Å². The van der Waals surface area contributed by atoms with Gasteiger partial charge in [0.15, 0.2) is 0 Å². The molecule has 0 bridgehead atoms. The van der Waals surface area contributed by atoms with Gasteiger partial charge in [-0.25, -0.2) is 0 Å². The van der Waals surface area contributed by atoms with E-state index < -0.39 is 0 Å². The van der Waals surface area contributed by atoms with Crippen LogP contribution in [0.1, 0.15) is 38.7 Å². The van der Waals surface area contributed by atoms with Crippen LogP contribution in [0.5, 0.6) is 5.75 Å². The van der Waals surface area contributed by atoms with Crippen LogP contribution in [0.4, 0.5) is 0 Å². The van der Waals surface area contributed by atoms with Crippen molar-refractivity contribution in [2.45, 2.75) is 33.1 Å². The van der Waals surface area contributed by atoms with Gasteiger partial charge in [0.25, 0.3) is 0 Å². The number of aromatic hydroxyl groups is 1.